The van der Waals surface area contributed by atoms with Crippen LogP contribution in [0.2, 0.25) is 5.02 Å². The molecule has 1 heterocycles. The van der Waals surface area contributed by atoms with Crippen molar-refractivity contribution in [2.45, 2.75) is 6.10 Å². The van der Waals surface area contributed by atoms with E-state index in [0.717, 1.165) is 36.9 Å². The van der Waals surface area contributed by atoms with E-state index in [1.807, 2.05) is 29.2 Å². The number of piperazine rings is 1. The summed E-state index contributed by atoms with van der Waals surface area (Å²) in [5.41, 5.74) is 7.99. The summed E-state index contributed by atoms with van der Waals surface area (Å²) >= 11 is 5.96. The van der Waals surface area contributed by atoms with Crippen LogP contribution in [0, 0.1) is 0 Å². The molecule has 0 saturated carbocycles. The van der Waals surface area contributed by atoms with E-state index in [1.54, 1.807) is 32.4 Å². The highest BCUT2D eigenvalue weighted by atomic mass is 127. The Balaban J connectivity index is 0.00000320. The van der Waals surface area contributed by atoms with Crippen LogP contribution < -0.4 is 20.1 Å². The van der Waals surface area contributed by atoms with Gasteiger partial charge in [0.2, 0.25) is 0 Å². The average Bonchev–Trinajstić information content (AvgIpc) is 2.77. The van der Waals surface area contributed by atoms with Crippen molar-refractivity contribution in [1.82, 2.24) is 4.90 Å². The SMILES string of the molecule is COc1cc(OC)cc(C(O)CN=C(N)N2CCN(c3ccc(Cl)cc3)CC2)c1.I. The molecule has 7 nitrogen and oxygen atoms in total. The molecule has 0 bridgehead atoms. The van der Waals surface area contributed by atoms with Gasteiger partial charge < -0.3 is 30.1 Å². The molecule has 30 heavy (non-hydrogen) atoms. The average molecular weight is 547 g/mol. The third kappa shape index (κ3) is 6.29. The molecule has 9 heteroatoms. The number of nitrogens with two attached hydrogens (primary N) is 1. The fraction of sp³-hybridized carbons (Fsp3) is 0.381. The van der Waals surface area contributed by atoms with E-state index in [4.69, 9.17) is 26.8 Å². The van der Waals surface area contributed by atoms with Gasteiger partial charge in [0.15, 0.2) is 5.96 Å². The molecule has 0 radical (unpaired) electrons. The molecule has 2 aromatic carbocycles. The van der Waals surface area contributed by atoms with Crippen LogP contribution in [0.5, 0.6) is 11.5 Å². The van der Waals surface area contributed by atoms with Crippen molar-refractivity contribution in [3.63, 3.8) is 0 Å². The minimum Gasteiger partial charge on any atom is -0.497 e. The minimum absolute atomic E-state index is 0. The van der Waals surface area contributed by atoms with Crippen molar-refractivity contribution < 1.29 is 14.6 Å². The number of nitrogens with zero attached hydrogens (tertiary/aromatic N) is 3. The molecule has 1 aliphatic rings. The standard InChI is InChI=1S/C21H27ClN4O3.HI/c1-28-18-11-15(12-19(13-18)29-2)20(27)14-24-21(23)26-9-7-25(8-10-26)17-5-3-16(22)4-6-17;/h3-6,11-13,20,27H,7-10,14H2,1-2H3,(H2,23,24);1H. The first kappa shape index (κ1) is 24.4. The number of hydrogen-bond donors (Lipinski definition) is 2. The normalized spacial score (nSPS) is 15.4. The predicted octanol–water partition coefficient (Wildman–Crippen LogP) is 3.15. The summed E-state index contributed by atoms with van der Waals surface area (Å²) in [6, 6.07) is 13.1. The summed E-state index contributed by atoms with van der Waals surface area (Å²) in [5.74, 6) is 1.68. The molecular weight excluding hydrogens is 519 g/mol. The van der Waals surface area contributed by atoms with Crippen LogP contribution in [0.4, 0.5) is 5.69 Å². The van der Waals surface area contributed by atoms with Gasteiger partial charge in [0.25, 0.3) is 0 Å². The number of ether oxygens (including phenoxy) is 2. The smallest absolute Gasteiger partial charge is 0.191 e. The maximum absolute atomic E-state index is 10.5. The quantitative estimate of drug-likeness (QED) is 0.329. The Bertz CT molecular complexity index is 820. The molecule has 1 fully saturated rings. The fourth-order valence-electron chi connectivity index (χ4n) is 3.25. The number of methoxy groups -OCH3 is 2. The van der Waals surface area contributed by atoms with Crippen LogP contribution in [0.15, 0.2) is 47.5 Å². The molecule has 1 unspecified atom stereocenters. The lowest BCUT2D eigenvalue weighted by atomic mass is 10.1. The Morgan fingerprint density at radius 2 is 1.63 bits per heavy atom. The highest BCUT2D eigenvalue weighted by Crippen LogP contribution is 2.26. The third-order valence-electron chi connectivity index (χ3n) is 4.98. The molecule has 0 aliphatic carbocycles. The van der Waals surface area contributed by atoms with Crippen LogP contribution in [-0.4, -0.2) is 62.9 Å². The van der Waals surface area contributed by atoms with Gasteiger partial charge in [-0.25, -0.2) is 0 Å². The van der Waals surface area contributed by atoms with Gasteiger partial charge in [0.05, 0.1) is 26.9 Å². The van der Waals surface area contributed by atoms with Gasteiger partial charge in [-0.1, -0.05) is 11.6 Å². The molecule has 3 rings (SSSR count). The molecule has 2 aromatic rings. The number of halogens is 2. The third-order valence-corrected chi connectivity index (χ3v) is 5.23. The van der Waals surface area contributed by atoms with E-state index < -0.39 is 6.10 Å². The number of guanidine groups is 1. The van der Waals surface area contributed by atoms with E-state index in [0.29, 0.717) is 23.0 Å². The first-order chi connectivity index (χ1) is 14.0. The van der Waals surface area contributed by atoms with Gasteiger partial charge in [-0.15, -0.1) is 24.0 Å². The monoisotopic (exact) mass is 546 g/mol. The van der Waals surface area contributed by atoms with E-state index in [9.17, 15) is 5.11 Å². The zero-order valence-electron chi connectivity index (χ0n) is 17.1. The van der Waals surface area contributed by atoms with Crippen molar-refractivity contribution in [2.75, 3.05) is 51.8 Å². The van der Waals surface area contributed by atoms with Gasteiger partial charge in [-0.2, -0.15) is 0 Å². The zero-order valence-corrected chi connectivity index (χ0v) is 20.2. The van der Waals surface area contributed by atoms with E-state index in [2.05, 4.69) is 9.89 Å². The van der Waals surface area contributed by atoms with Gasteiger partial charge >= 0.3 is 0 Å². The number of hydrogen-bond acceptors (Lipinski definition) is 5. The summed E-state index contributed by atoms with van der Waals surface area (Å²) in [4.78, 5) is 8.72. The molecule has 1 aliphatic heterocycles. The van der Waals surface area contributed by atoms with Gasteiger partial charge in [-0.3, -0.25) is 4.99 Å². The zero-order chi connectivity index (χ0) is 20.8. The van der Waals surface area contributed by atoms with Crippen LogP contribution in [0.1, 0.15) is 11.7 Å². The number of rotatable bonds is 6. The van der Waals surface area contributed by atoms with Crippen molar-refractivity contribution in [1.29, 1.82) is 0 Å². The Kier molecular flexibility index (Phi) is 9.32. The second-order valence-electron chi connectivity index (χ2n) is 6.81. The Hall–Kier alpha value is -1.91. The molecule has 0 aromatic heterocycles. The van der Waals surface area contributed by atoms with E-state index >= 15 is 0 Å². The lowest BCUT2D eigenvalue weighted by Gasteiger charge is -2.36. The molecule has 164 valence electrons. The van der Waals surface area contributed by atoms with Crippen LogP contribution >= 0.6 is 35.6 Å². The Morgan fingerprint density at radius 3 is 2.17 bits per heavy atom. The van der Waals surface area contributed by atoms with Gasteiger partial charge in [0.1, 0.15) is 11.5 Å². The second kappa shape index (κ2) is 11.5. The first-order valence-corrected chi connectivity index (χ1v) is 9.84. The first-order valence-electron chi connectivity index (χ1n) is 9.46. The van der Waals surface area contributed by atoms with E-state index in [1.165, 1.54) is 0 Å². The van der Waals surface area contributed by atoms with Crippen LogP contribution in [-0.2, 0) is 0 Å². The minimum atomic E-state index is -0.798. The summed E-state index contributed by atoms with van der Waals surface area (Å²) in [5, 5.41) is 11.2. The number of aliphatic hydroxyl groups is 1. The largest absolute Gasteiger partial charge is 0.497 e. The predicted molar refractivity (Wildman–Crippen MR) is 132 cm³/mol. The van der Waals surface area contributed by atoms with Crippen LogP contribution in [0.25, 0.3) is 0 Å². The summed E-state index contributed by atoms with van der Waals surface area (Å²) in [6.07, 6.45) is -0.798. The van der Waals surface area contributed by atoms with Crippen molar-refractivity contribution >= 4 is 47.2 Å². The number of benzene rings is 2. The summed E-state index contributed by atoms with van der Waals surface area (Å²) in [6.45, 7) is 3.38. The molecule has 1 saturated heterocycles. The molecule has 0 amide bonds. The van der Waals surface area contributed by atoms with Crippen molar-refractivity contribution in [2.24, 2.45) is 10.7 Å². The Morgan fingerprint density at radius 1 is 1.07 bits per heavy atom. The van der Waals surface area contributed by atoms with Gasteiger partial charge in [0, 0.05) is 43.0 Å². The fourth-order valence-corrected chi connectivity index (χ4v) is 3.38. The molecule has 3 N–H and O–H groups in total. The molecule has 1 atom stereocenters. The topological polar surface area (TPSA) is 83.5 Å². The highest BCUT2D eigenvalue weighted by Gasteiger charge is 2.19. The highest BCUT2D eigenvalue weighted by molar-refractivity contribution is 14.0. The lowest BCUT2D eigenvalue weighted by molar-refractivity contribution is 0.185. The molecule has 0 spiro atoms. The molecular formula is C21H28ClIN4O3. The summed E-state index contributed by atoms with van der Waals surface area (Å²) < 4.78 is 10.5. The van der Waals surface area contributed by atoms with Crippen molar-refractivity contribution in [3.05, 3.63) is 53.1 Å². The van der Waals surface area contributed by atoms with E-state index in [-0.39, 0.29) is 30.5 Å². The number of anilines is 1. The number of aliphatic imine (C=N–C) groups is 1. The lowest BCUT2D eigenvalue weighted by Crippen LogP contribution is -2.51. The second-order valence-corrected chi connectivity index (χ2v) is 7.25. The number of aliphatic hydroxyl groups excluding tert-OH is 1. The van der Waals surface area contributed by atoms with Gasteiger partial charge in [-0.05, 0) is 42.0 Å². The summed E-state index contributed by atoms with van der Waals surface area (Å²) in [7, 11) is 3.15. The maximum Gasteiger partial charge on any atom is 0.191 e. The maximum atomic E-state index is 10.5. The Labute approximate surface area is 199 Å². The van der Waals surface area contributed by atoms with Crippen molar-refractivity contribution in [3.8, 4) is 11.5 Å². The van der Waals surface area contributed by atoms with Crippen LogP contribution in [0.3, 0.4) is 0 Å².